The van der Waals surface area contributed by atoms with Crippen LogP contribution in [0, 0.1) is 0 Å². The zero-order chi connectivity index (χ0) is 28.6. The van der Waals surface area contributed by atoms with Crippen molar-refractivity contribution in [3.63, 3.8) is 0 Å². The Kier molecular flexibility index (Phi) is 10.9. The van der Waals surface area contributed by atoms with Crippen LogP contribution in [0.15, 0.2) is 24.3 Å². The third kappa shape index (κ3) is 8.37. The SMILES string of the molecule is CC(C)(C)c1ccc(C(=O)O)c([O-])c1C(C)(C)C.CC(C)(C)c1ccc(C(=O)O)c([O-])c1C(C)(C)C.[Mg+2]. The first-order chi connectivity index (χ1) is 15.9. The number of hydrogen-bond acceptors (Lipinski definition) is 4. The molecular weight excluding hydrogens is 481 g/mol. The quantitative estimate of drug-likeness (QED) is 0.486. The number of rotatable bonds is 2. The molecule has 0 heterocycles. The summed E-state index contributed by atoms with van der Waals surface area (Å²) in [6.45, 7) is 23.8. The molecule has 0 aliphatic carbocycles. The second kappa shape index (κ2) is 11.6. The summed E-state index contributed by atoms with van der Waals surface area (Å²) in [5.74, 6) is -3.04. The molecule has 7 heteroatoms. The molecule has 37 heavy (non-hydrogen) atoms. The summed E-state index contributed by atoms with van der Waals surface area (Å²) in [5.41, 5.74) is 1.66. The molecule has 200 valence electrons. The van der Waals surface area contributed by atoms with Crippen LogP contribution >= 0.6 is 0 Å². The number of carboxylic acids is 2. The number of aromatic carboxylic acids is 2. The van der Waals surface area contributed by atoms with Crippen LogP contribution in [0.3, 0.4) is 0 Å². The second-order valence-electron chi connectivity index (χ2n) is 13.3. The molecule has 2 aromatic rings. The van der Waals surface area contributed by atoms with Crippen molar-refractivity contribution < 1.29 is 30.0 Å². The third-order valence-corrected chi connectivity index (χ3v) is 5.89. The van der Waals surface area contributed by atoms with Crippen molar-refractivity contribution in [2.45, 2.75) is 105 Å². The normalized spacial score (nSPS) is 12.2. The van der Waals surface area contributed by atoms with Crippen LogP contribution in [-0.2, 0) is 21.7 Å². The van der Waals surface area contributed by atoms with Gasteiger partial charge in [0.05, 0.1) is 11.1 Å². The molecule has 0 saturated carbocycles. The van der Waals surface area contributed by atoms with Crippen LogP contribution in [0.4, 0.5) is 0 Å². The van der Waals surface area contributed by atoms with E-state index < -0.39 is 11.9 Å². The van der Waals surface area contributed by atoms with Crippen molar-refractivity contribution in [1.29, 1.82) is 0 Å². The monoisotopic (exact) mass is 522 g/mol. The molecule has 0 atom stereocenters. The van der Waals surface area contributed by atoms with Gasteiger partial charge >= 0.3 is 35.0 Å². The average molecular weight is 523 g/mol. The van der Waals surface area contributed by atoms with Gasteiger partial charge in [0, 0.05) is 0 Å². The van der Waals surface area contributed by atoms with Gasteiger partial charge in [-0.05, 0) is 56.0 Å². The van der Waals surface area contributed by atoms with Gasteiger partial charge in [-0.3, -0.25) is 0 Å². The predicted octanol–water partition coefficient (Wildman–Crippen LogP) is 5.73. The molecule has 0 fully saturated rings. The van der Waals surface area contributed by atoms with E-state index in [1.165, 1.54) is 12.1 Å². The van der Waals surface area contributed by atoms with Gasteiger partial charge in [-0.1, -0.05) is 107 Å². The first kappa shape index (κ1) is 34.7. The fraction of sp³-hybridized carbons (Fsp3) is 0.533. The zero-order valence-corrected chi connectivity index (χ0v) is 26.0. The fourth-order valence-corrected chi connectivity index (χ4v) is 4.24. The van der Waals surface area contributed by atoms with E-state index in [4.69, 9.17) is 10.2 Å². The van der Waals surface area contributed by atoms with E-state index in [0.717, 1.165) is 11.1 Å². The maximum absolute atomic E-state index is 12.3. The summed E-state index contributed by atoms with van der Waals surface area (Å²) >= 11 is 0. The van der Waals surface area contributed by atoms with Gasteiger partial charge in [-0.25, -0.2) is 9.59 Å². The van der Waals surface area contributed by atoms with Crippen molar-refractivity contribution in [2.75, 3.05) is 0 Å². The third-order valence-electron chi connectivity index (χ3n) is 5.89. The average Bonchev–Trinajstić information content (AvgIpc) is 2.63. The Morgan fingerprint density at radius 2 is 0.784 bits per heavy atom. The van der Waals surface area contributed by atoms with Gasteiger partial charge in [0.1, 0.15) is 0 Å². The van der Waals surface area contributed by atoms with E-state index >= 15 is 0 Å². The molecule has 0 amide bonds. The van der Waals surface area contributed by atoms with E-state index in [2.05, 4.69) is 0 Å². The van der Waals surface area contributed by atoms with Crippen LogP contribution in [0.25, 0.3) is 0 Å². The van der Waals surface area contributed by atoms with E-state index in [0.29, 0.717) is 11.1 Å². The minimum Gasteiger partial charge on any atom is -0.872 e. The van der Waals surface area contributed by atoms with Crippen LogP contribution in [0.5, 0.6) is 11.5 Å². The smallest absolute Gasteiger partial charge is 0.872 e. The van der Waals surface area contributed by atoms with Crippen LogP contribution < -0.4 is 10.2 Å². The Bertz CT molecular complexity index is 1050. The molecule has 2 rings (SSSR count). The van der Waals surface area contributed by atoms with Gasteiger partial charge in [0.15, 0.2) is 0 Å². The molecular formula is C30H42MgO6. The maximum atomic E-state index is 12.3. The summed E-state index contributed by atoms with van der Waals surface area (Å²) < 4.78 is 0. The molecule has 0 aromatic heterocycles. The van der Waals surface area contributed by atoms with Crippen LogP contribution in [0.1, 0.15) is 126 Å². The van der Waals surface area contributed by atoms with Crippen LogP contribution in [-0.4, -0.2) is 45.2 Å². The van der Waals surface area contributed by atoms with Crippen molar-refractivity contribution in [1.82, 2.24) is 0 Å². The van der Waals surface area contributed by atoms with E-state index in [9.17, 15) is 19.8 Å². The summed E-state index contributed by atoms with van der Waals surface area (Å²) in [7, 11) is 0. The van der Waals surface area contributed by atoms with Gasteiger partial charge in [-0.2, -0.15) is 0 Å². The molecule has 0 aliphatic heterocycles. The van der Waals surface area contributed by atoms with Gasteiger partial charge in [0.2, 0.25) is 0 Å². The van der Waals surface area contributed by atoms with Crippen molar-refractivity contribution in [3.05, 3.63) is 57.6 Å². The number of hydrogen-bond donors (Lipinski definition) is 2. The van der Waals surface area contributed by atoms with Gasteiger partial charge in [-0.15, -0.1) is 0 Å². The van der Waals surface area contributed by atoms with Crippen LogP contribution in [0.2, 0.25) is 0 Å². The predicted molar refractivity (Wildman–Crippen MR) is 146 cm³/mol. The van der Waals surface area contributed by atoms with Gasteiger partial charge in [0.25, 0.3) is 0 Å². The number of carboxylic acid groups (broad SMARTS) is 2. The fourth-order valence-electron chi connectivity index (χ4n) is 4.24. The van der Waals surface area contributed by atoms with Crippen molar-refractivity contribution >= 4 is 35.0 Å². The molecule has 0 unspecified atom stereocenters. The number of benzene rings is 2. The Balaban J connectivity index is 0.000000682. The number of carbonyl (C=O) groups is 2. The molecule has 0 bridgehead atoms. The van der Waals surface area contributed by atoms with E-state index in [-0.39, 0.29) is 67.3 Å². The van der Waals surface area contributed by atoms with Crippen molar-refractivity contribution in [3.8, 4) is 11.5 Å². The van der Waals surface area contributed by atoms with Crippen molar-refractivity contribution in [2.24, 2.45) is 0 Å². The minimum atomic E-state index is -1.16. The standard InChI is InChI=1S/2C15H22O3.Mg/c2*1-14(2,3)10-8-7-9(13(17)18)12(16)11(10)15(4,5)6;/h2*7-8,16H,1-6H3,(H,17,18);/q;;+2/p-2. The summed E-state index contributed by atoms with van der Waals surface area (Å²) in [6, 6.07) is 6.37. The first-order valence-electron chi connectivity index (χ1n) is 12.1. The zero-order valence-electron chi connectivity index (χ0n) is 24.5. The molecule has 2 N–H and O–H groups in total. The Morgan fingerprint density at radius 3 is 0.946 bits per heavy atom. The van der Waals surface area contributed by atoms with E-state index in [1.807, 2.05) is 83.1 Å². The molecule has 0 saturated heterocycles. The first-order valence-corrected chi connectivity index (χ1v) is 12.1. The molecule has 0 radical (unpaired) electrons. The Morgan fingerprint density at radius 1 is 0.541 bits per heavy atom. The second-order valence-corrected chi connectivity index (χ2v) is 13.3. The topological polar surface area (TPSA) is 121 Å². The Hall–Kier alpha value is -2.25. The van der Waals surface area contributed by atoms with E-state index in [1.54, 1.807) is 12.1 Å². The molecule has 6 nitrogen and oxygen atoms in total. The molecule has 0 aliphatic rings. The maximum Gasteiger partial charge on any atom is 2.00 e. The molecule has 0 spiro atoms. The largest absolute Gasteiger partial charge is 2.00 e. The summed E-state index contributed by atoms with van der Waals surface area (Å²) in [5, 5.41) is 42.8. The summed E-state index contributed by atoms with van der Waals surface area (Å²) in [6.07, 6.45) is 0. The molecule has 2 aromatic carbocycles. The van der Waals surface area contributed by atoms with Gasteiger partial charge < -0.3 is 20.4 Å². The summed E-state index contributed by atoms with van der Waals surface area (Å²) in [4.78, 5) is 22.1. The minimum absolute atomic E-state index is 0. The Labute approximate surface area is 238 Å².